The molecule has 0 aliphatic carbocycles. The van der Waals surface area contributed by atoms with E-state index in [2.05, 4.69) is 15.2 Å². The van der Waals surface area contributed by atoms with Crippen LogP contribution < -0.4 is 5.32 Å². The summed E-state index contributed by atoms with van der Waals surface area (Å²) in [4.78, 5) is 6.55. The Kier molecular flexibility index (Phi) is 5.35. The van der Waals surface area contributed by atoms with Crippen LogP contribution in [0.15, 0.2) is 29.3 Å². The number of nitrogens with zero attached hydrogens (tertiary/aromatic N) is 2. The van der Waals surface area contributed by atoms with Crippen molar-refractivity contribution in [1.29, 1.82) is 0 Å². The minimum atomic E-state index is -0.232. The van der Waals surface area contributed by atoms with Crippen molar-refractivity contribution in [3.05, 3.63) is 35.6 Å². The van der Waals surface area contributed by atoms with Gasteiger partial charge in [-0.05, 0) is 30.5 Å². The number of hydrogen-bond donors (Lipinski definition) is 1. The summed E-state index contributed by atoms with van der Waals surface area (Å²) in [5.74, 6) is 0.677. The van der Waals surface area contributed by atoms with Crippen LogP contribution in [0.4, 0.5) is 4.39 Å². The van der Waals surface area contributed by atoms with E-state index in [4.69, 9.17) is 4.74 Å². The van der Waals surface area contributed by atoms with E-state index in [0.29, 0.717) is 6.54 Å². The van der Waals surface area contributed by atoms with Crippen LogP contribution in [0.2, 0.25) is 0 Å². The maximum atomic E-state index is 12.9. The Morgan fingerprint density at radius 1 is 1.35 bits per heavy atom. The van der Waals surface area contributed by atoms with E-state index in [1.165, 1.54) is 25.0 Å². The monoisotopic (exact) mass is 279 g/mol. The van der Waals surface area contributed by atoms with Crippen LogP contribution in [0.5, 0.6) is 0 Å². The van der Waals surface area contributed by atoms with Crippen molar-refractivity contribution in [2.24, 2.45) is 4.99 Å². The molecule has 0 saturated carbocycles. The molecular formula is C15H22FN3O. The highest BCUT2D eigenvalue weighted by molar-refractivity contribution is 5.80. The Hall–Kier alpha value is -1.62. The lowest BCUT2D eigenvalue weighted by molar-refractivity contribution is 0.106. The highest BCUT2D eigenvalue weighted by atomic mass is 19.1. The van der Waals surface area contributed by atoms with Crippen LogP contribution in [-0.2, 0) is 4.74 Å². The molecule has 0 amide bonds. The zero-order valence-corrected chi connectivity index (χ0v) is 12.1. The summed E-state index contributed by atoms with van der Waals surface area (Å²) in [7, 11) is 3.45. The second kappa shape index (κ2) is 7.24. The minimum Gasteiger partial charge on any atom is -0.375 e. The molecule has 1 unspecified atom stereocenters. The van der Waals surface area contributed by atoms with E-state index in [9.17, 15) is 4.39 Å². The van der Waals surface area contributed by atoms with E-state index in [1.54, 1.807) is 26.3 Å². The topological polar surface area (TPSA) is 36.9 Å². The van der Waals surface area contributed by atoms with Gasteiger partial charge < -0.3 is 15.0 Å². The number of guanidine groups is 1. The summed E-state index contributed by atoms with van der Waals surface area (Å²) in [6, 6.07) is 6.42. The summed E-state index contributed by atoms with van der Waals surface area (Å²) < 4.78 is 18.4. The smallest absolute Gasteiger partial charge is 0.193 e. The van der Waals surface area contributed by atoms with Gasteiger partial charge in [-0.15, -0.1) is 0 Å². The normalized spacial score (nSPS) is 17.4. The number of likely N-dealkylation sites (tertiary alicyclic amines) is 1. The fraction of sp³-hybridized carbons (Fsp3) is 0.533. The SMILES string of the molecule is CN=C(NCC(OC)c1ccc(F)cc1)N1CCCC1. The lowest BCUT2D eigenvalue weighted by atomic mass is 10.1. The first-order valence-electron chi connectivity index (χ1n) is 6.98. The van der Waals surface area contributed by atoms with Crippen molar-refractivity contribution in [2.45, 2.75) is 18.9 Å². The van der Waals surface area contributed by atoms with Crippen LogP contribution in [0.25, 0.3) is 0 Å². The zero-order chi connectivity index (χ0) is 14.4. The van der Waals surface area contributed by atoms with Crippen molar-refractivity contribution in [3.63, 3.8) is 0 Å². The average molecular weight is 279 g/mol. The third kappa shape index (κ3) is 3.70. The second-order valence-electron chi connectivity index (χ2n) is 4.90. The highest BCUT2D eigenvalue weighted by Crippen LogP contribution is 2.16. The van der Waals surface area contributed by atoms with Gasteiger partial charge in [-0.25, -0.2) is 4.39 Å². The van der Waals surface area contributed by atoms with Gasteiger partial charge in [-0.1, -0.05) is 12.1 Å². The van der Waals surface area contributed by atoms with Gasteiger partial charge in [0.25, 0.3) is 0 Å². The van der Waals surface area contributed by atoms with Crippen molar-refractivity contribution < 1.29 is 9.13 Å². The van der Waals surface area contributed by atoms with E-state index in [1.807, 2.05) is 0 Å². The number of hydrogen-bond acceptors (Lipinski definition) is 2. The summed E-state index contributed by atoms with van der Waals surface area (Å²) in [6.45, 7) is 2.72. The lowest BCUT2D eigenvalue weighted by Gasteiger charge is -2.23. The molecule has 110 valence electrons. The van der Waals surface area contributed by atoms with Gasteiger partial charge in [0.2, 0.25) is 0 Å². The van der Waals surface area contributed by atoms with Gasteiger partial charge in [-0.3, -0.25) is 4.99 Å². The molecule has 1 heterocycles. The van der Waals surface area contributed by atoms with Gasteiger partial charge in [0.05, 0.1) is 6.10 Å². The molecule has 20 heavy (non-hydrogen) atoms. The molecule has 1 fully saturated rings. The fourth-order valence-electron chi connectivity index (χ4n) is 2.46. The number of halogens is 1. The lowest BCUT2D eigenvalue weighted by Crippen LogP contribution is -2.41. The Balaban J connectivity index is 1.94. The van der Waals surface area contributed by atoms with Crippen molar-refractivity contribution in [1.82, 2.24) is 10.2 Å². The van der Waals surface area contributed by atoms with Crippen LogP contribution in [0.3, 0.4) is 0 Å². The Bertz CT molecular complexity index is 441. The van der Waals surface area contributed by atoms with Crippen LogP contribution in [0, 0.1) is 5.82 Å². The third-order valence-electron chi connectivity index (χ3n) is 3.59. The summed E-state index contributed by atoms with van der Waals surface area (Å²) in [5.41, 5.74) is 0.957. The molecule has 0 bridgehead atoms. The first-order valence-corrected chi connectivity index (χ1v) is 6.98. The van der Waals surface area contributed by atoms with Gasteiger partial charge >= 0.3 is 0 Å². The van der Waals surface area contributed by atoms with E-state index in [-0.39, 0.29) is 11.9 Å². The molecule has 1 aromatic rings. The molecule has 0 spiro atoms. The third-order valence-corrected chi connectivity index (χ3v) is 3.59. The molecule has 1 aromatic carbocycles. The molecule has 1 aliphatic rings. The fourth-order valence-corrected chi connectivity index (χ4v) is 2.46. The first-order chi connectivity index (χ1) is 9.74. The van der Waals surface area contributed by atoms with Gasteiger partial charge in [0.15, 0.2) is 5.96 Å². The van der Waals surface area contributed by atoms with E-state index < -0.39 is 0 Å². The van der Waals surface area contributed by atoms with Crippen LogP contribution in [-0.4, -0.2) is 44.7 Å². The number of nitrogens with one attached hydrogen (secondary N) is 1. The number of ether oxygens (including phenoxy) is 1. The van der Waals surface area contributed by atoms with Gasteiger partial charge in [0.1, 0.15) is 5.82 Å². The maximum absolute atomic E-state index is 12.9. The van der Waals surface area contributed by atoms with Crippen molar-refractivity contribution in [2.75, 3.05) is 33.8 Å². The molecule has 1 N–H and O–H groups in total. The Labute approximate surface area is 119 Å². The van der Waals surface area contributed by atoms with E-state index >= 15 is 0 Å². The molecule has 0 radical (unpaired) electrons. The Morgan fingerprint density at radius 2 is 2.00 bits per heavy atom. The highest BCUT2D eigenvalue weighted by Gasteiger charge is 2.17. The molecule has 5 heteroatoms. The molecule has 0 aromatic heterocycles. The number of rotatable bonds is 4. The van der Waals surface area contributed by atoms with Gasteiger partial charge in [-0.2, -0.15) is 0 Å². The predicted octanol–water partition coefficient (Wildman–Crippen LogP) is 2.18. The predicted molar refractivity (Wildman–Crippen MR) is 78.3 cm³/mol. The summed E-state index contributed by atoms with van der Waals surface area (Å²) in [6.07, 6.45) is 2.31. The first kappa shape index (κ1) is 14.8. The minimum absolute atomic E-state index is 0.116. The molecular weight excluding hydrogens is 257 g/mol. The zero-order valence-electron chi connectivity index (χ0n) is 12.1. The van der Waals surface area contributed by atoms with Crippen LogP contribution >= 0.6 is 0 Å². The standard InChI is InChI=1S/C15H22FN3O/c1-17-15(19-9-3-4-10-19)18-11-14(20-2)12-5-7-13(16)8-6-12/h5-8,14H,3-4,9-11H2,1-2H3,(H,17,18). The van der Waals surface area contributed by atoms with Crippen molar-refractivity contribution in [3.8, 4) is 0 Å². The summed E-state index contributed by atoms with van der Waals surface area (Å²) in [5, 5.41) is 3.33. The molecule has 2 rings (SSSR count). The second-order valence-corrected chi connectivity index (χ2v) is 4.90. The number of benzene rings is 1. The molecule has 4 nitrogen and oxygen atoms in total. The van der Waals surface area contributed by atoms with E-state index in [0.717, 1.165) is 24.6 Å². The molecule has 1 atom stereocenters. The largest absolute Gasteiger partial charge is 0.375 e. The Morgan fingerprint density at radius 3 is 2.55 bits per heavy atom. The molecule has 1 saturated heterocycles. The van der Waals surface area contributed by atoms with Crippen LogP contribution in [0.1, 0.15) is 24.5 Å². The molecule has 1 aliphatic heterocycles. The average Bonchev–Trinajstić information content (AvgIpc) is 2.99. The maximum Gasteiger partial charge on any atom is 0.193 e. The number of methoxy groups -OCH3 is 1. The number of aliphatic imine (C=N–C) groups is 1. The summed E-state index contributed by atoms with van der Waals surface area (Å²) >= 11 is 0. The van der Waals surface area contributed by atoms with Gasteiger partial charge in [0, 0.05) is 33.8 Å². The quantitative estimate of drug-likeness (QED) is 0.678. The van der Waals surface area contributed by atoms with Crippen molar-refractivity contribution >= 4 is 5.96 Å².